The molecule has 0 rings (SSSR count). The van der Waals surface area contributed by atoms with Crippen LogP contribution in [0.3, 0.4) is 0 Å². The lowest BCUT2D eigenvalue weighted by Crippen LogP contribution is -2.23. The van der Waals surface area contributed by atoms with Crippen molar-refractivity contribution < 1.29 is 0 Å². The van der Waals surface area contributed by atoms with Crippen molar-refractivity contribution in [2.24, 2.45) is 23.2 Å². The van der Waals surface area contributed by atoms with Gasteiger partial charge in [0, 0.05) is 0 Å². The molecule has 0 aliphatic carbocycles. The molecular weight excluding hydrogens is 180 g/mol. The first-order valence-corrected chi connectivity index (χ1v) is 6.45. The fourth-order valence-corrected chi connectivity index (χ4v) is 2.14. The summed E-state index contributed by atoms with van der Waals surface area (Å²) in [7, 11) is 0. The lowest BCUT2D eigenvalue weighted by Gasteiger charge is -2.31. The molecule has 0 spiro atoms. The van der Waals surface area contributed by atoms with E-state index in [4.69, 9.17) is 0 Å². The van der Waals surface area contributed by atoms with Gasteiger partial charge in [-0.2, -0.15) is 0 Å². The van der Waals surface area contributed by atoms with Gasteiger partial charge in [-0.1, -0.05) is 67.0 Å². The SMILES string of the molecule is CCC(C)C/C=C\C(C(C)C)C(C)(C)C. The summed E-state index contributed by atoms with van der Waals surface area (Å²) in [4.78, 5) is 0. The molecule has 0 heterocycles. The van der Waals surface area contributed by atoms with Gasteiger partial charge in [0.2, 0.25) is 0 Å². The lowest BCUT2D eigenvalue weighted by molar-refractivity contribution is 0.229. The summed E-state index contributed by atoms with van der Waals surface area (Å²) >= 11 is 0. The van der Waals surface area contributed by atoms with Crippen LogP contribution in [0.15, 0.2) is 12.2 Å². The van der Waals surface area contributed by atoms with E-state index in [1.165, 1.54) is 12.8 Å². The average molecular weight is 210 g/mol. The molecule has 90 valence electrons. The Morgan fingerprint density at radius 3 is 1.93 bits per heavy atom. The highest BCUT2D eigenvalue weighted by Gasteiger charge is 2.24. The van der Waals surface area contributed by atoms with Crippen LogP contribution in [-0.2, 0) is 0 Å². The second-order valence-electron chi connectivity index (χ2n) is 6.31. The molecule has 15 heavy (non-hydrogen) atoms. The quantitative estimate of drug-likeness (QED) is 0.540. The first-order chi connectivity index (χ1) is 6.79. The summed E-state index contributed by atoms with van der Waals surface area (Å²) in [6.07, 6.45) is 7.35. The summed E-state index contributed by atoms with van der Waals surface area (Å²) in [5.74, 6) is 2.26. The lowest BCUT2D eigenvalue weighted by atomic mass is 9.74. The van der Waals surface area contributed by atoms with E-state index in [0.29, 0.717) is 11.3 Å². The minimum Gasteiger partial charge on any atom is -0.0880 e. The molecule has 0 aliphatic heterocycles. The first-order valence-electron chi connectivity index (χ1n) is 6.45. The Kier molecular flexibility index (Phi) is 6.24. The predicted molar refractivity (Wildman–Crippen MR) is 71.0 cm³/mol. The van der Waals surface area contributed by atoms with Crippen molar-refractivity contribution in [1.82, 2.24) is 0 Å². The van der Waals surface area contributed by atoms with Crippen LogP contribution in [0.1, 0.15) is 61.3 Å². The van der Waals surface area contributed by atoms with E-state index in [0.717, 1.165) is 11.8 Å². The molecule has 0 N–H and O–H groups in total. The zero-order valence-electron chi connectivity index (χ0n) is 11.8. The van der Waals surface area contributed by atoms with Crippen LogP contribution in [-0.4, -0.2) is 0 Å². The second-order valence-corrected chi connectivity index (χ2v) is 6.31. The van der Waals surface area contributed by atoms with E-state index in [2.05, 4.69) is 60.6 Å². The molecule has 0 amide bonds. The Morgan fingerprint density at radius 2 is 1.60 bits per heavy atom. The van der Waals surface area contributed by atoms with Gasteiger partial charge in [0.05, 0.1) is 0 Å². The van der Waals surface area contributed by atoms with Crippen molar-refractivity contribution in [2.45, 2.75) is 61.3 Å². The molecule has 2 unspecified atom stereocenters. The number of allylic oxidation sites excluding steroid dienone is 2. The van der Waals surface area contributed by atoms with Crippen LogP contribution in [0, 0.1) is 23.2 Å². The maximum Gasteiger partial charge on any atom is -0.0162 e. The summed E-state index contributed by atoms with van der Waals surface area (Å²) < 4.78 is 0. The molecule has 0 saturated heterocycles. The molecule has 2 atom stereocenters. The van der Waals surface area contributed by atoms with Gasteiger partial charge in [-0.15, -0.1) is 0 Å². The fraction of sp³-hybridized carbons (Fsp3) is 0.867. The van der Waals surface area contributed by atoms with Gasteiger partial charge in [0.25, 0.3) is 0 Å². The highest BCUT2D eigenvalue weighted by Crippen LogP contribution is 2.33. The first kappa shape index (κ1) is 14.7. The number of hydrogen-bond donors (Lipinski definition) is 0. The molecular formula is C15H30. The minimum atomic E-state index is 0.389. The van der Waals surface area contributed by atoms with E-state index in [1.807, 2.05) is 0 Å². The topological polar surface area (TPSA) is 0 Å². The van der Waals surface area contributed by atoms with E-state index in [1.54, 1.807) is 0 Å². The van der Waals surface area contributed by atoms with Gasteiger partial charge >= 0.3 is 0 Å². The molecule has 0 heteroatoms. The third-order valence-electron chi connectivity index (χ3n) is 3.30. The van der Waals surface area contributed by atoms with Gasteiger partial charge in [-0.05, 0) is 29.6 Å². The summed E-state index contributed by atoms with van der Waals surface area (Å²) in [6, 6.07) is 0. The summed E-state index contributed by atoms with van der Waals surface area (Å²) in [6.45, 7) is 16.3. The fourth-order valence-electron chi connectivity index (χ4n) is 2.14. The molecule has 0 radical (unpaired) electrons. The van der Waals surface area contributed by atoms with Crippen molar-refractivity contribution in [1.29, 1.82) is 0 Å². The zero-order valence-corrected chi connectivity index (χ0v) is 11.8. The molecule has 0 bridgehead atoms. The molecule has 0 aromatic heterocycles. The molecule has 0 nitrogen and oxygen atoms in total. The normalized spacial score (nSPS) is 17.3. The Labute approximate surface area is 97.2 Å². The third kappa shape index (κ3) is 6.02. The summed E-state index contributed by atoms with van der Waals surface area (Å²) in [5.41, 5.74) is 0.389. The van der Waals surface area contributed by atoms with Gasteiger partial charge in [-0.3, -0.25) is 0 Å². The Bertz CT molecular complexity index is 181. The van der Waals surface area contributed by atoms with Gasteiger partial charge < -0.3 is 0 Å². The molecule has 0 aromatic rings. The maximum absolute atomic E-state index is 2.44. The van der Waals surface area contributed by atoms with Crippen molar-refractivity contribution in [3.63, 3.8) is 0 Å². The van der Waals surface area contributed by atoms with Gasteiger partial charge in [0.15, 0.2) is 0 Å². The molecule has 0 aromatic carbocycles. The maximum atomic E-state index is 2.44. The van der Waals surface area contributed by atoms with Crippen LogP contribution >= 0.6 is 0 Å². The van der Waals surface area contributed by atoms with E-state index >= 15 is 0 Å². The van der Waals surface area contributed by atoms with Crippen molar-refractivity contribution in [3.8, 4) is 0 Å². The van der Waals surface area contributed by atoms with Crippen LogP contribution in [0.25, 0.3) is 0 Å². The largest absolute Gasteiger partial charge is 0.0880 e. The molecule has 0 aliphatic rings. The van der Waals surface area contributed by atoms with Crippen LogP contribution in [0.2, 0.25) is 0 Å². The Balaban J connectivity index is 4.30. The van der Waals surface area contributed by atoms with Crippen molar-refractivity contribution in [2.75, 3.05) is 0 Å². The summed E-state index contributed by atoms with van der Waals surface area (Å²) in [5, 5.41) is 0. The predicted octanol–water partition coefficient (Wildman–Crippen LogP) is 5.30. The standard InChI is InChI=1S/C15H30/c1-8-13(4)10-9-11-14(12(2)3)15(5,6)7/h9,11-14H,8,10H2,1-7H3/b11-9-. The van der Waals surface area contributed by atoms with E-state index in [-0.39, 0.29) is 0 Å². The second kappa shape index (κ2) is 6.35. The van der Waals surface area contributed by atoms with Crippen LogP contribution in [0.4, 0.5) is 0 Å². The highest BCUT2D eigenvalue weighted by atomic mass is 14.3. The van der Waals surface area contributed by atoms with Crippen LogP contribution in [0.5, 0.6) is 0 Å². The number of rotatable bonds is 5. The number of hydrogen-bond acceptors (Lipinski definition) is 0. The van der Waals surface area contributed by atoms with Crippen LogP contribution < -0.4 is 0 Å². The van der Waals surface area contributed by atoms with Crippen molar-refractivity contribution >= 4 is 0 Å². The monoisotopic (exact) mass is 210 g/mol. The Hall–Kier alpha value is -0.260. The molecule has 0 saturated carbocycles. The van der Waals surface area contributed by atoms with Gasteiger partial charge in [-0.25, -0.2) is 0 Å². The van der Waals surface area contributed by atoms with Crippen molar-refractivity contribution in [3.05, 3.63) is 12.2 Å². The van der Waals surface area contributed by atoms with Gasteiger partial charge in [0.1, 0.15) is 0 Å². The third-order valence-corrected chi connectivity index (χ3v) is 3.30. The zero-order chi connectivity index (χ0) is 12.1. The van der Waals surface area contributed by atoms with E-state index < -0.39 is 0 Å². The minimum absolute atomic E-state index is 0.389. The highest BCUT2D eigenvalue weighted by molar-refractivity contribution is 4.95. The Morgan fingerprint density at radius 1 is 1.07 bits per heavy atom. The van der Waals surface area contributed by atoms with E-state index in [9.17, 15) is 0 Å². The average Bonchev–Trinajstić information content (AvgIpc) is 2.09. The molecule has 0 fully saturated rings. The smallest absolute Gasteiger partial charge is 0.0162 e.